The van der Waals surface area contributed by atoms with Crippen LogP contribution in [0.5, 0.6) is 5.75 Å². The molecule has 1 saturated heterocycles. The number of rotatable bonds is 11. The number of hydrogen-bond donors (Lipinski definition) is 2. The topological polar surface area (TPSA) is 164 Å². The summed E-state index contributed by atoms with van der Waals surface area (Å²) in [6.07, 6.45) is -6.58. The maximum atomic E-state index is 11.3. The van der Waals surface area contributed by atoms with Crippen LogP contribution in [0.15, 0.2) is 30.3 Å². The Hall–Kier alpha value is -0.360. The number of ether oxygens (including phenoxy) is 4. The smallest absolute Gasteiger partial charge is 0.494 e. The summed E-state index contributed by atoms with van der Waals surface area (Å²) in [4.78, 5) is 0. The van der Waals surface area contributed by atoms with E-state index in [2.05, 4.69) is 8.37 Å². The number of methoxy groups -OCH3 is 1. The third-order valence-corrected chi connectivity index (χ3v) is 4.97. The van der Waals surface area contributed by atoms with Gasteiger partial charge >= 0.3 is 50.4 Å². The fourth-order valence-corrected chi connectivity index (χ4v) is 3.85. The molecule has 0 spiro atoms. The molecule has 0 aromatic heterocycles. The van der Waals surface area contributed by atoms with Gasteiger partial charge in [-0.2, -0.15) is 16.8 Å². The molecule has 1 aliphatic heterocycles. The van der Waals surface area contributed by atoms with Crippen LogP contribution < -0.4 is 34.3 Å². The first-order valence-corrected chi connectivity index (χ1v) is 11.5. The minimum Gasteiger partial charge on any atom is -0.494 e. The van der Waals surface area contributed by atoms with E-state index in [1.54, 1.807) is 12.1 Å². The van der Waals surface area contributed by atoms with Gasteiger partial charge in [0.25, 0.3) is 0 Å². The van der Waals surface area contributed by atoms with Gasteiger partial charge < -0.3 is 18.9 Å². The first-order chi connectivity index (χ1) is 14.0. The van der Waals surface area contributed by atoms with Crippen molar-refractivity contribution in [2.75, 3.05) is 20.3 Å². The van der Waals surface area contributed by atoms with Crippen LogP contribution in [-0.2, 0) is 43.4 Å². The molecule has 2 rings (SSSR count). The van der Waals surface area contributed by atoms with Crippen LogP contribution in [0.3, 0.4) is 0 Å². The maximum absolute atomic E-state index is 11.3. The summed E-state index contributed by atoms with van der Waals surface area (Å²) in [7, 11) is -8.95. The van der Waals surface area contributed by atoms with E-state index in [1.165, 1.54) is 6.92 Å². The number of benzene rings is 1. The van der Waals surface area contributed by atoms with Gasteiger partial charge in [-0.25, -0.2) is 8.37 Å². The molecule has 0 radical (unpaired) electrons. The van der Waals surface area contributed by atoms with Crippen LogP contribution in [0.25, 0.3) is 0 Å². The molecule has 31 heavy (non-hydrogen) atoms. The Morgan fingerprint density at radius 2 is 1.52 bits per heavy atom. The van der Waals surface area contributed by atoms with Crippen molar-refractivity contribution in [2.24, 2.45) is 0 Å². The van der Waals surface area contributed by atoms with Crippen molar-refractivity contribution < 1.29 is 82.8 Å². The molecule has 172 valence electrons. The van der Waals surface area contributed by atoms with Gasteiger partial charge in [0.1, 0.15) is 18.0 Å². The molecule has 1 heterocycles. The summed E-state index contributed by atoms with van der Waals surface area (Å²) >= 11 is 0. The van der Waals surface area contributed by atoms with Crippen LogP contribution >= 0.6 is 0 Å². The zero-order valence-electron chi connectivity index (χ0n) is 17.2. The zero-order chi connectivity index (χ0) is 22.4. The molecule has 0 bridgehead atoms. The monoisotopic (exact) mass is 495 g/mol. The Kier molecular flexibility index (Phi) is 11.8. The molecule has 1 aliphatic rings. The van der Waals surface area contributed by atoms with Gasteiger partial charge in [-0.1, -0.05) is 18.2 Å². The van der Waals surface area contributed by atoms with Crippen LogP contribution in [0.4, 0.5) is 0 Å². The van der Waals surface area contributed by atoms with E-state index in [4.69, 9.17) is 28.1 Å². The fourth-order valence-electron chi connectivity index (χ4n) is 2.87. The van der Waals surface area contributed by atoms with E-state index in [0.29, 0.717) is 12.2 Å². The third kappa shape index (κ3) is 9.98. The molecule has 1 fully saturated rings. The van der Waals surface area contributed by atoms with Gasteiger partial charge in [0, 0.05) is 13.5 Å². The van der Waals surface area contributed by atoms with Crippen molar-refractivity contribution in [3.63, 3.8) is 0 Å². The summed E-state index contributed by atoms with van der Waals surface area (Å²) in [5.41, 5.74) is 0. The predicted octanol–water partition coefficient (Wildman–Crippen LogP) is -2.39. The minimum atomic E-state index is -5.05. The zero-order valence-corrected chi connectivity index (χ0v) is 20.8. The van der Waals surface area contributed by atoms with Gasteiger partial charge in [0.2, 0.25) is 0 Å². The third-order valence-electron chi connectivity index (χ3n) is 4.04. The van der Waals surface area contributed by atoms with E-state index in [1.807, 2.05) is 18.2 Å². The SMILES string of the molecule is CO[C@@H]1O[C@@H](C)[C@H](OCCCOc2ccccc2)[C@@H](OS(=O)(=O)O)[C@H]1OS(=O)(=O)O.[Na+]. The normalized spacial score (nSPS) is 26.8. The Balaban J connectivity index is 0.00000480. The second-order valence-electron chi connectivity index (χ2n) is 6.27. The molecule has 5 atom stereocenters. The molecule has 1 aromatic carbocycles. The van der Waals surface area contributed by atoms with Gasteiger partial charge in [0.05, 0.1) is 19.3 Å². The fraction of sp³-hybridized carbons (Fsp3) is 0.625. The molecular weight excluding hydrogens is 471 g/mol. The van der Waals surface area contributed by atoms with Crippen LogP contribution in [0.1, 0.15) is 13.3 Å². The van der Waals surface area contributed by atoms with E-state index < -0.39 is 51.5 Å². The Morgan fingerprint density at radius 3 is 2.06 bits per heavy atom. The molecule has 0 aliphatic carbocycles. The van der Waals surface area contributed by atoms with Crippen molar-refractivity contribution in [2.45, 2.75) is 44.1 Å². The van der Waals surface area contributed by atoms with Crippen LogP contribution in [0, 0.1) is 0 Å². The summed E-state index contributed by atoms with van der Waals surface area (Å²) in [6.45, 7) is 1.83. The van der Waals surface area contributed by atoms with Gasteiger partial charge in [0.15, 0.2) is 12.4 Å². The first kappa shape index (κ1) is 28.7. The van der Waals surface area contributed by atoms with Gasteiger partial charge in [-0.3, -0.25) is 9.11 Å². The summed E-state index contributed by atoms with van der Waals surface area (Å²) in [6, 6.07) is 9.01. The Morgan fingerprint density at radius 1 is 0.935 bits per heavy atom. The molecular formula is C16H24NaO12S2+. The van der Waals surface area contributed by atoms with E-state index in [9.17, 15) is 16.8 Å². The molecule has 0 amide bonds. The van der Waals surface area contributed by atoms with Gasteiger partial charge in [-0.15, -0.1) is 0 Å². The molecule has 0 saturated carbocycles. The average molecular weight is 495 g/mol. The number of para-hydroxylation sites is 1. The molecule has 12 nitrogen and oxygen atoms in total. The Labute approximate surface area is 203 Å². The van der Waals surface area contributed by atoms with Crippen molar-refractivity contribution >= 4 is 20.8 Å². The first-order valence-electron chi connectivity index (χ1n) is 8.79. The molecule has 1 aromatic rings. The standard InChI is InChI=1S/C16H24O12S2.Na/c1-11-13(25-10-6-9-24-12-7-4-3-5-8-12)14(27-29(17,18)19)15(16(23-2)26-11)28-30(20,21)22;/h3-5,7-8,11,13-16H,6,9-10H2,1-2H3,(H,17,18,19)(H,20,21,22);/q;+1/t11-,13-,14+,15+,16+;/m0./s1. The second kappa shape index (κ2) is 12.8. The van der Waals surface area contributed by atoms with Gasteiger partial charge in [-0.05, 0) is 19.1 Å². The van der Waals surface area contributed by atoms with Crippen molar-refractivity contribution in [3.8, 4) is 5.75 Å². The van der Waals surface area contributed by atoms with E-state index in [-0.39, 0.29) is 42.8 Å². The molecule has 15 heteroatoms. The quantitative estimate of drug-likeness (QED) is 0.190. The second-order valence-corrected chi connectivity index (χ2v) is 8.37. The summed E-state index contributed by atoms with van der Waals surface area (Å²) in [5.74, 6) is 0.656. The van der Waals surface area contributed by atoms with E-state index >= 15 is 0 Å². The van der Waals surface area contributed by atoms with Crippen LogP contribution in [0.2, 0.25) is 0 Å². The largest absolute Gasteiger partial charge is 1.00 e. The average Bonchev–Trinajstić information content (AvgIpc) is 2.64. The van der Waals surface area contributed by atoms with E-state index in [0.717, 1.165) is 7.11 Å². The predicted molar refractivity (Wildman–Crippen MR) is 100 cm³/mol. The maximum Gasteiger partial charge on any atom is 1.00 e. The molecule has 0 unspecified atom stereocenters. The van der Waals surface area contributed by atoms with Crippen molar-refractivity contribution in [1.29, 1.82) is 0 Å². The van der Waals surface area contributed by atoms with Crippen molar-refractivity contribution in [3.05, 3.63) is 30.3 Å². The summed E-state index contributed by atoms with van der Waals surface area (Å²) in [5, 5.41) is 0. The molecule has 2 N–H and O–H groups in total. The Bertz CT molecular complexity index is 864. The number of hydrogen-bond acceptors (Lipinski definition) is 10. The minimum absolute atomic E-state index is 0. The van der Waals surface area contributed by atoms with Crippen molar-refractivity contribution in [1.82, 2.24) is 0 Å². The summed E-state index contributed by atoms with van der Waals surface area (Å²) < 4.78 is 93.7. The van der Waals surface area contributed by atoms with Crippen LogP contribution in [-0.4, -0.2) is 77.0 Å².